The minimum absolute atomic E-state index is 0.0262. The Morgan fingerprint density at radius 2 is 1.90 bits per heavy atom. The topological polar surface area (TPSA) is 86.0 Å². The zero-order chi connectivity index (χ0) is 21.5. The molecular formula is C22H20BrN3O4. The predicted molar refractivity (Wildman–Crippen MR) is 121 cm³/mol. The van der Waals surface area contributed by atoms with Gasteiger partial charge in [0.2, 0.25) is 0 Å². The summed E-state index contributed by atoms with van der Waals surface area (Å²) >= 11 is 3.53. The molecule has 8 heteroatoms. The lowest BCUT2D eigenvalue weighted by Gasteiger charge is -2.13. The van der Waals surface area contributed by atoms with Crippen LogP contribution >= 0.6 is 15.9 Å². The maximum Gasteiger partial charge on any atom is 0.269 e. The lowest BCUT2D eigenvalue weighted by Crippen LogP contribution is -2.00. The highest BCUT2D eigenvalue weighted by Crippen LogP contribution is 2.33. The molecule has 154 valence electrons. The second kappa shape index (κ2) is 9.89. The van der Waals surface area contributed by atoms with E-state index < -0.39 is 4.92 Å². The number of nitrogens with one attached hydrogen (secondary N) is 1. The van der Waals surface area contributed by atoms with Crippen LogP contribution in [-0.4, -0.2) is 18.2 Å². The molecule has 0 spiro atoms. The molecule has 1 N–H and O–H groups in total. The Morgan fingerprint density at radius 1 is 1.13 bits per heavy atom. The van der Waals surface area contributed by atoms with Crippen molar-refractivity contribution < 1.29 is 14.4 Å². The summed E-state index contributed by atoms with van der Waals surface area (Å²) < 4.78 is 12.2. The predicted octanol–water partition coefficient (Wildman–Crippen LogP) is 5.70. The van der Waals surface area contributed by atoms with E-state index in [2.05, 4.69) is 32.5 Å². The Kier molecular flexibility index (Phi) is 7.03. The highest BCUT2D eigenvalue weighted by atomic mass is 79.9. The molecule has 3 aromatic carbocycles. The molecule has 7 nitrogen and oxygen atoms in total. The van der Waals surface area contributed by atoms with Crippen molar-refractivity contribution in [3.05, 3.63) is 91.9 Å². The van der Waals surface area contributed by atoms with Gasteiger partial charge in [0.15, 0.2) is 11.5 Å². The van der Waals surface area contributed by atoms with Crippen LogP contribution in [0.5, 0.6) is 11.5 Å². The first-order valence-corrected chi connectivity index (χ1v) is 9.85. The second-order valence-corrected chi connectivity index (χ2v) is 7.33. The summed E-state index contributed by atoms with van der Waals surface area (Å²) in [4.78, 5) is 10.3. The SMILES string of the molecule is COc1cc(/C=N/Nc2ccc([N+](=O)[O-])cc2)c(Br)cc1OCc1cccc(C)c1. The number of hydrazone groups is 1. The van der Waals surface area contributed by atoms with Crippen molar-refractivity contribution in [2.45, 2.75) is 13.5 Å². The Labute approximate surface area is 182 Å². The van der Waals surface area contributed by atoms with E-state index in [0.29, 0.717) is 23.8 Å². The Balaban J connectivity index is 1.69. The van der Waals surface area contributed by atoms with E-state index in [1.807, 2.05) is 37.3 Å². The standard InChI is InChI=1S/C22H20BrN3O4/c1-15-4-3-5-16(10-15)14-30-22-12-20(23)17(11-21(22)29-2)13-24-25-18-6-8-19(9-7-18)26(27)28/h3-13,25H,14H2,1-2H3/b24-13+. The number of hydrogen-bond acceptors (Lipinski definition) is 6. The van der Waals surface area contributed by atoms with Gasteiger partial charge < -0.3 is 9.47 Å². The van der Waals surface area contributed by atoms with Crippen molar-refractivity contribution in [1.29, 1.82) is 0 Å². The van der Waals surface area contributed by atoms with E-state index in [9.17, 15) is 10.1 Å². The molecule has 0 unspecified atom stereocenters. The van der Waals surface area contributed by atoms with Gasteiger partial charge in [-0.2, -0.15) is 5.10 Å². The minimum Gasteiger partial charge on any atom is -0.493 e. The number of nitrogens with zero attached hydrogens (tertiary/aromatic N) is 2. The molecular weight excluding hydrogens is 450 g/mol. The molecule has 0 atom stereocenters. The van der Waals surface area contributed by atoms with E-state index in [-0.39, 0.29) is 5.69 Å². The van der Waals surface area contributed by atoms with Crippen molar-refractivity contribution in [2.75, 3.05) is 12.5 Å². The third kappa shape index (κ3) is 5.57. The molecule has 30 heavy (non-hydrogen) atoms. The van der Waals surface area contributed by atoms with Crippen LogP contribution in [0.1, 0.15) is 16.7 Å². The highest BCUT2D eigenvalue weighted by molar-refractivity contribution is 9.10. The van der Waals surface area contributed by atoms with E-state index >= 15 is 0 Å². The normalized spacial score (nSPS) is 10.8. The van der Waals surface area contributed by atoms with Gasteiger partial charge in [-0.1, -0.05) is 29.8 Å². The summed E-state index contributed by atoms with van der Waals surface area (Å²) in [5, 5.41) is 14.9. The second-order valence-electron chi connectivity index (χ2n) is 6.48. The molecule has 0 bridgehead atoms. The van der Waals surface area contributed by atoms with Crippen molar-refractivity contribution in [3.8, 4) is 11.5 Å². The number of ether oxygens (including phenoxy) is 2. The maximum atomic E-state index is 10.7. The number of hydrogen-bond donors (Lipinski definition) is 1. The van der Waals surface area contributed by atoms with Gasteiger partial charge in [0.25, 0.3) is 5.69 Å². The average Bonchev–Trinajstić information content (AvgIpc) is 2.74. The summed E-state index contributed by atoms with van der Waals surface area (Å²) in [6, 6.07) is 17.8. The highest BCUT2D eigenvalue weighted by Gasteiger charge is 2.10. The molecule has 0 aliphatic carbocycles. The molecule has 3 rings (SSSR count). The van der Waals surface area contributed by atoms with Gasteiger partial charge in [0.1, 0.15) is 6.61 Å². The number of halogens is 1. The van der Waals surface area contributed by atoms with Gasteiger partial charge in [0.05, 0.1) is 23.9 Å². The van der Waals surface area contributed by atoms with Crippen molar-refractivity contribution in [2.24, 2.45) is 5.10 Å². The van der Waals surface area contributed by atoms with E-state index in [1.54, 1.807) is 25.5 Å². The molecule has 0 aliphatic rings. The number of methoxy groups -OCH3 is 1. The maximum absolute atomic E-state index is 10.7. The molecule has 0 heterocycles. The number of aryl methyl sites for hydroxylation is 1. The molecule has 0 aromatic heterocycles. The van der Waals surface area contributed by atoms with E-state index in [4.69, 9.17) is 9.47 Å². The van der Waals surface area contributed by atoms with Gasteiger partial charge in [-0.15, -0.1) is 0 Å². The quantitative estimate of drug-likeness (QED) is 0.259. The molecule has 0 amide bonds. The largest absolute Gasteiger partial charge is 0.493 e. The number of nitro groups is 1. The number of benzene rings is 3. The van der Waals surface area contributed by atoms with Crippen LogP contribution in [0, 0.1) is 17.0 Å². The van der Waals surface area contributed by atoms with Gasteiger partial charge >= 0.3 is 0 Å². The fraction of sp³-hybridized carbons (Fsp3) is 0.136. The van der Waals surface area contributed by atoms with Crippen molar-refractivity contribution >= 4 is 33.5 Å². The van der Waals surface area contributed by atoms with Crippen LogP contribution in [0.25, 0.3) is 0 Å². The van der Waals surface area contributed by atoms with Crippen LogP contribution in [0.4, 0.5) is 11.4 Å². The Bertz CT molecular complexity index is 1070. The van der Waals surface area contributed by atoms with Gasteiger partial charge in [0, 0.05) is 22.2 Å². The van der Waals surface area contributed by atoms with E-state index in [0.717, 1.165) is 15.6 Å². The first-order valence-electron chi connectivity index (χ1n) is 9.05. The van der Waals surface area contributed by atoms with Crippen LogP contribution in [-0.2, 0) is 6.61 Å². The van der Waals surface area contributed by atoms with Gasteiger partial charge in [-0.25, -0.2) is 0 Å². The third-order valence-electron chi connectivity index (χ3n) is 4.24. The molecule has 0 saturated carbocycles. The summed E-state index contributed by atoms with van der Waals surface area (Å²) in [7, 11) is 1.58. The van der Waals surface area contributed by atoms with Crippen LogP contribution in [0.3, 0.4) is 0 Å². The Hall–Kier alpha value is -3.39. The van der Waals surface area contributed by atoms with Gasteiger partial charge in [-0.3, -0.25) is 15.5 Å². The van der Waals surface area contributed by atoms with Crippen LogP contribution in [0.2, 0.25) is 0 Å². The molecule has 0 aliphatic heterocycles. The fourth-order valence-electron chi connectivity index (χ4n) is 2.72. The Morgan fingerprint density at radius 3 is 2.57 bits per heavy atom. The molecule has 0 fully saturated rings. The monoisotopic (exact) mass is 469 g/mol. The lowest BCUT2D eigenvalue weighted by molar-refractivity contribution is -0.384. The zero-order valence-corrected chi connectivity index (χ0v) is 18.0. The summed E-state index contributed by atoms with van der Waals surface area (Å²) in [6.45, 7) is 2.47. The minimum atomic E-state index is -0.445. The number of non-ortho nitro benzene ring substituents is 1. The number of nitro benzene ring substituents is 1. The first-order chi connectivity index (χ1) is 14.5. The van der Waals surface area contributed by atoms with Gasteiger partial charge in [-0.05, 0) is 52.7 Å². The van der Waals surface area contributed by atoms with Crippen LogP contribution in [0.15, 0.2) is 70.2 Å². The number of anilines is 1. The lowest BCUT2D eigenvalue weighted by atomic mass is 10.1. The molecule has 0 radical (unpaired) electrons. The summed E-state index contributed by atoms with van der Waals surface area (Å²) in [5.74, 6) is 1.20. The van der Waals surface area contributed by atoms with Crippen molar-refractivity contribution in [3.63, 3.8) is 0 Å². The summed E-state index contributed by atoms with van der Waals surface area (Å²) in [5.41, 5.74) is 6.54. The average molecular weight is 470 g/mol. The van der Waals surface area contributed by atoms with Crippen molar-refractivity contribution in [1.82, 2.24) is 0 Å². The molecule has 3 aromatic rings. The number of rotatable bonds is 8. The first kappa shape index (κ1) is 21.3. The zero-order valence-electron chi connectivity index (χ0n) is 16.5. The van der Waals surface area contributed by atoms with Crippen LogP contribution < -0.4 is 14.9 Å². The third-order valence-corrected chi connectivity index (χ3v) is 4.92. The smallest absolute Gasteiger partial charge is 0.269 e. The summed E-state index contributed by atoms with van der Waals surface area (Å²) in [6.07, 6.45) is 1.62. The molecule has 0 saturated heterocycles. The van der Waals surface area contributed by atoms with E-state index in [1.165, 1.54) is 17.7 Å². The fourth-order valence-corrected chi connectivity index (χ4v) is 3.14.